The minimum Gasteiger partial charge on any atom is -0.336 e. The first-order valence-corrected chi connectivity index (χ1v) is 5.61. The molecule has 1 fully saturated rings. The number of benzene rings is 1. The summed E-state index contributed by atoms with van der Waals surface area (Å²) >= 11 is 0. The largest absolute Gasteiger partial charge is 0.336 e. The first-order chi connectivity index (χ1) is 8.31. The fraction of sp³-hybridized carbons (Fsp3) is 0.333. The van der Waals surface area contributed by atoms with Gasteiger partial charge in [0.2, 0.25) is 6.41 Å². The SMILES string of the molecule is O=CNc1cccc(C(=O)N2CCNCC2)c1. The van der Waals surface area contributed by atoms with Crippen LogP contribution in [0.5, 0.6) is 0 Å². The highest BCUT2D eigenvalue weighted by Crippen LogP contribution is 2.12. The van der Waals surface area contributed by atoms with Gasteiger partial charge in [0.05, 0.1) is 0 Å². The van der Waals surface area contributed by atoms with Gasteiger partial charge >= 0.3 is 0 Å². The molecule has 5 nitrogen and oxygen atoms in total. The van der Waals surface area contributed by atoms with Crippen LogP contribution in [0.2, 0.25) is 0 Å². The highest BCUT2D eigenvalue weighted by atomic mass is 16.2. The number of carbonyl (C=O) groups is 2. The van der Waals surface area contributed by atoms with Crippen LogP contribution >= 0.6 is 0 Å². The molecule has 2 rings (SSSR count). The molecule has 1 aliphatic rings. The highest BCUT2D eigenvalue weighted by molar-refractivity contribution is 5.95. The molecule has 1 heterocycles. The summed E-state index contributed by atoms with van der Waals surface area (Å²) in [5.41, 5.74) is 1.25. The van der Waals surface area contributed by atoms with E-state index in [0.29, 0.717) is 17.7 Å². The zero-order valence-corrected chi connectivity index (χ0v) is 9.48. The summed E-state index contributed by atoms with van der Waals surface area (Å²) in [4.78, 5) is 24.3. The standard InChI is InChI=1S/C12H15N3O2/c16-9-14-11-3-1-2-10(8-11)12(17)15-6-4-13-5-7-15/h1-3,8-9,13H,4-7H2,(H,14,16). The van der Waals surface area contributed by atoms with Gasteiger partial charge in [-0.2, -0.15) is 0 Å². The van der Waals surface area contributed by atoms with E-state index < -0.39 is 0 Å². The number of rotatable bonds is 3. The number of piperazine rings is 1. The predicted molar refractivity (Wildman–Crippen MR) is 64.9 cm³/mol. The topological polar surface area (TPSA) is 61.4 Å². The zero-order valence-electron chi connectivity index (χ0n) is 9.48. The van der Waals surface area contributed by atoms with Crippen molar-refractivity contribution in [3.63, 3.8) is 0 Å². The maximum absolute atomic E-state index is 12.1. The maximum Gasteiger partial charge on any atom is 0.254 e. The van der Waals surface area contributed by atoms with Gasteiger partial charge in [-0.15, -0.1) is 0 Å². The number of hydrogen-bond acceptors (Lipinski definition) is 3. The predicted octanol–water partition coefficient (Wildman–Crippen LogP) is 0.300. The van der Waals surface area contributed by atoms with Crippen molar-refractivity contribution < 1.29 is 9.59 Å². The summed E-state index contributed by atoms with van der Waals surface area (Å²) in [6.07, 6.45) is 0.606. The Balaban J connectivity index is 2.12. The van der Waals surface area contributed by atoms with Crippen molar-refractivity contribution in [2.45, 2.75) is 0 Å². The number of hydrogen-bond donors (Lipinski definition) is 2. The van der Waals surface area contributed by atoms with Crippen LogP contribution in [-0.2, 0) is 4.79 Å². The monoisotopic (exact) mass is 233 g/mol. The Hall–Kier alpha value is -1.88. The third kappa shape index (κ3) is 2.82. The number of nitrogens with zero attached hydrogens (tertiary/aromatic N) is 1. The summed E-state index contributed by atoms with van der Waals surface area (Å²) < 4.78 is 0. The van der Waals surface area contributed by atoms with E-state index in [1.807, 2.05) is 4.90 Å². The highest BCUT2D eigenvalue weighted by Gasteiger charge is 2.17. The van der Waals surface area contributed by atoms with Crippen molar-refractivity contribution in [3.8, 4) is 0 Å². The van der Waals surface area contributed by atoms with E-state index in [9.17, 15) is 9.59 Å². The normalized spacial score (nSPS) is 15.4. The molecule has 2 amide bonds. The second kappa shape index (κ2) is 5.45. The van der Waals surface area contributed by atoms with Crippen molar-refractivity contribution in [1.82, 2.24) is 10.2 Å². The van der Waals surface area contributed by atoms with Gasteiger partial charge < -0.3 is 15.5 Å². The molecule has 1 aliphatic heterocycles. The Morgan fingerprint density at radius 3 is 2.82 bits per heavy atom. The van der Waals surface area contributed by atoms with Crippen LogP contribution in [0.4, 0.5) is 5.69 Å². The number of anilines is 1. The first kappa shape index (κ1) is 11.6. The minimum absolute atomic E-state index is 0.0149. The molecular weight excluding hydrogens is 218 g/mol. The van der Waals surface area contributed by atoms with Crippen LogP contribution < -0.4 is 10.6 Å². The lowest BCUT2D eigenvalue weighted by atomic mass is 10.1. The minimum atomic E-state index is 0.0149. The van der Waals surface area contributed by atoms with Crippen LogP contribution in [-0.4, -0.2) is 43.4 Å². The molecule has 0 bridgehead atoms. The fourth-order valence-electron chi connectivity index (χ4n) is 1.86. The van der Waals surface area contributed by atoms with Crippen LogP contribution in [0.1, 0.15) is 10.4 Å². The summed E-state index contributed by atoms with van der Waals surface area (Å²) in [5, 5.41) is 5.74. The van der Waals surface area contributed by atoms with Crippen LogP contribution in [0.3, 0.4) is 0 Å². The maximum atomic E-state index is 12.1. The molecule has 0 unspecified atom stereocenters. The van der Waals surface area contributed by atoms with Gasteiger partial charge in [-0.05, 0) is 18.2 Å². The molecule has 1 saturated heterocycles. The third-order valence-electron chi connectivity index (χ3n) is 2.74. The van der Waals surface area contributed by atoms with Gasteiger partial charge in [-0.25, -0.2) is 0 Å². The summed E-state index contributed by atoms with van der Waals surface area (Å²) in [7, 11) is 0. The Labute approximate surface area is 99.8 Å². The second-order valence-electron chi connectivity index (χ2n) is 3.89. The van der Waals surface area contributed by atoms with Gasteiger partial charge in [0.25, 0.3) is 5.91 Å². The van der Waals surface area contributed by atoms with E-state index in [-0.39, 0.29) is 5.91 Å². The lowest BCUT2D eigenvalue weighted by Gasteiger charge is -2.27. The smallest absolute Gasteiger partial charge is 0.254 e. The van der Waals surface area contributed by atoms with Gasteiger partial charge in [0, 0.05) is 37.4 Å². The van der Waals surface area contributed by atoms with Gasteiger partial charge in [0.15, 0.2) is 0 Å². The van der Waals surface area contributed by atoms with Crippen molar-refractivity contribution >= 4 is 18.0 Å². The van der Waals surface area contributed by atoms with Crippen LogP contribution in [0.25, 0.3) is 0 Å². The van der Waals surface area contributed by atoms with Crippen LogP contribution in [0.15, 0.2) is 24.3 Å². The quantitative estimate of drug-likeness (QED) is 0.738. The summed E-state index contributed by atoms with van der Waals surface area (Å²) in [6.45, 7) is 3.12. The summed E-state index contributed by atoms with van der Waals surface area (Å²) in [6, 6.07) is 6.98. The molecule has 0 saturated carbocycles. The number of amides is 2. The molecule has 0 radical (unpaired) electrons. The molecule has 90 valence electrons. The second-order valence-corrected chi connectivity index (χ2v) is 3.89. The van der Waals surface area contributed by atoms with Gasteiger partial charge in [-0.3, -0.25) is 9.59 Å². The average Bonchev–Trinajstić information content (AvgIpc) is 2.40. The molecule has 1 aromatic rings. The molecule has 0 spiro atoms. The first-order valence-electron chi connectivity index (χ1n) is 5.61. The molecule has 0 aromatic heterocycles. The van der Waals surface area contributed by atoms with E-state index in [1.165, 1.54) is 0 Å². The van der Waals surface area contributed by atoms with E-state index >= 15 is 0 Å². The zero-order chi connectivity index (χ0) is 12.1. The van der Waals surface area contributed by atoms with Crippen LogP contribution in [0, 0.1) is 0 Å². The van der Waals surface area contributed by atoms with Gasteiger partial charge in [-0.1, -0.05) is 6.07 Å². The van der Waals surface area contributed by atoms with E-state index in [1.54, 1.807) is 24.3 Å². The Morgan fingerprint density at radius 1 is 1.35 bits per heavy atom. The van der Waals surface area contributed by atoms with Crippen molar-refractivity contribution in [2.75, 3.05) is 31.5 Å². The third-order valence-corrected chi connectivity index (χ3v) is 2.74. The Bertz CT molecular complexity index is 414. The lowest BCUT2D eigenvalue weighted by Crippen LogP contribution is -2.46. The van der Waals surface area contributed by atoms with Crippen molar-refractivity contribution in [1.29, 1.82) is 0 Å². The molecule has 1 aromatic carbocycles. The molecule has 5 heteroatoms. The molecule has 2 N–H and O–H groups in total. The fourth-order valence-corrected chi connectivity index (χ4v) is 1.86. The van der Waals surface area contributed by atoms with Crippen molar-refractivity contribution in [2.24, 2.45) is 0 Å². The van der Waals surface area contributed by atoms with Crippen molar-refractivity contribution in [3.05, 3.63) is 29.8 Å². The Morgan fingerprint density at radius 2 is 2.12 bits per heavy atom. The molecular formula is C12H15N3O2. The number of nitrogens with one attached hydrogen (secondary N) is 2. The number of carbonyl (C=O) groups excluding carboxylic acids is 2. The summed E-state index contributed by atoms with van der Waals surface area (Å²) in [5.74, 6) is 0.0149. The van der Waals surface area contributed by atoms with E-state index in [0.717, 1.165) is 26.2 Å². The lowest BCUT2D eigenvalue weighted by molar-refractivity contribution is -0.105. The van der Waals surface area contributed by atoms with E-state index in [4.69, 9.17) is 0 Å². The molecule has 0 aliphatic carbocycles. The molecule has 0 atom stereocenters. The Kier molecular flexibility index (Phi) is 3.72. The average molecular weight is 233 g/mol. The van der Waals surface area contributed by atoms with E-state index in [2.05, 4.69) is 10.6 Å². The van der Waals surface area contributed by atoms with Gasteiger partial charge in [0.1, 0.15) is 0 Å². The molecule has 17 heavy (non-hydrogen) atoms.